The molecule has 4 N–H and O–H groups in total. The van der Waals surface area contributed by atoms with Crippen molar-refractivity contribution in [2.24, 2.45) is 10.8 Å². The van der Waals surface area contributed by atoms with E-state index in [2.05, 4.69) is 21.3 Å². The Morgan fingerprint density at radius 3 is 2.47 bits per heavy atom. The first-order valence-corrected chi connectivity index (χ1v) is 15.6. The lowest BCUT2D eigenvalue weighted by Crippen LogP contribution is -2.57. The smallest absolute Gasteiger partial charge is 0.313 e. The second-order valence-corrected chi connectivity index (χ2v) is 13.4. The van der Waals surface area contributed by atoms with Gasteiger partial charge in [-0.3, -0.25) is 24.0 Å². The summed E-state index contributed by atoms with van der Waals surface area (Å²) in [5.41, 5.74) is -1.23. The summed E-state index contributed by atoms with van der Waals surface area (Å²) in [5, 5.41) is 11.7. The average Bonchev–Trinajstić information content (AvgIpc) is 3.53. The number of anilines is 1. The summed E-state index contributed by atoms with van der Waals surface area (Å²) in [6.07, 6.45) is 5.57. The van der Waals surface area contributed by atoms with Gasteiger partial charge in [-0.1, -0.05) is 38.8 Å². The van der Waals surface area contributed by atoms with Crippen LogP contribution in [-0.2, 0) is 35.3 Å². The Morgan fingerprint density at radius 2 is 1.79 bits per heavy atom. The minimum absolute atomic E-state index is 0.0195. The Bertz CT molecular complexity index is 1310. The second-order valence-electron chi connectivity index (χ2n) is 13.4. The van der Waals surface area contributed by atoms with E-state index in [0.717, 1.165) is 31.2 Å². The fourth-order valence-electron chi connectivity index (χ4n) is 7.40. The molecule has 3 heterocycles. The Hall–Kier alpha value is -3.47. The van der Waals surface area contributed by atoms with Gasteiger partial charge in [0.25, 0.3) is 5.91 Å². The summed E-state index contributed by atoms with van der Waals surface area (Å²) in [6, 6.07) is 5.51. The highest BCUT2D eigenvalue weighted by molar-refractivity contribution is 6.03. The predicted octanol–water partition coefficient (Wildman–Crippen LogP) is 2.39. The van der Waals surface area contributed by atoms with Crippen molar-refractivity contribution in [1.29, 1.82) is 0 Å². The summed E-state index contributed by atoms with van der Waals surface area (Å²) in [5.74, 6) is -1.33. The SMILES string of the molecule is CN[C@@H](C)C(=O)N[C@H]1CCCC[C@H]2CC[C@@H](C(=O)NCc3cccc(NC(=O)C45CC[C@](C)(C(=O)O4)C5(C)C)c3)N2C1=O. The molecule has 4 amide bonds. The van der Waals surface area contributed by atoms with Crippen LogP contribution in [-0.4, -0.2) is 71.3 Å². The molecule has 5 rings (SSSR count). The number of ether oxygens (including phenoxy) is 1. The molecule has 3 saturated heterocycles. The first kappa shape index (κ1) is 31.0. The maximum Gasteiger partial charge on any atom is 0.313 e. The van der Waals surface area contributed by atoms with E-state index in [9.17, 15) is 24.0 Å². The number of esters is 1. The van der Waals surface area contributed by atoms with Crippen LogP contribution in [0.25, 0.3) is 0 Å². The van der Waals surface area contributed by atoms with Crippen LogP contribution in [0.1, 0.15) is 84.6 Å². The number of fused-ring (bicyclic) bond motifs is 3. The maximum absolute atomic E-state index is 13.7. The quantitative estimate of drug-likeness (QED) is 0.338. The third-order valence-corrected chi connectivity index (χ3v) is 10.9. The number of likely N-dealkylation sites (N-methyl/N-ethyl adjacent to an activating group) is 1. The number of rotatable bonds is 8. The van der Waals surface area contributed by atoms with Crippen molar-refractivity contribution in [3.05, 3.63) is 29.8 Å². The molecule has 4 aliphatic rings. The van der Waals surface area contributed by atoms with Gasteiger partial charge in [-0.05, 0) is 77.1 Å². The van der Waals surface area contributed by atoms with Crippen LogP contribution in [0.5, 0.6) is 0 Å². The van der Waals surface area contributed by atoms with E-state index in [1.54, 1.807) is 37.1 Å². The van der Waals surface area contributed by atoms with E-state index in [0.29, 0.717) is 31.4 Å². The standard InChI is InChI=1S/C32H45N5O6/c1-19(33-5)25(38)36-23-12-7-6-11-22-13-14-24(37(22)27(23)40)26(39)34-18-20-9-8-10-21(17-20)35-28(41)32-16-15-31(4,29(42)43-32)30(32,2)3/h8-10,17,19,22-24,33H,6-7,11-16,18H2,1-5H3,(H,34,39)(H,35,41)(H,36,38)/t19-,22-,23-,24-,31+,32?/m0/s1. The van der Waals surface area contributed by atoms with Gasteiger partial charge < -0.3 is 30.9 Å². The van der Waals surface area contributed by atoms with Crippen LogP contribution in [0.4, 0.5) is 5.69 Å². The molecule has 1 aromatic rings. The van der Waals surface area contributed by atoms with Gasteiger partial charge in [0, 0.05) is 23.7 Å². The van der Waals surface area contributed by atoms with E-state index in [1.807, 2.05) is 26.8 Å². The Kier molecular flexibility index (Phi) is 8.32. The van der Waals surface area contributed by atoms with Gasteiger partial charge in [0.1, 0.15) is 12.1 Å². The number of carbonyl (C=O) groups is 5. The first-order chi connectivity index (χ1) is 20.3. The number of hydrogen-bond acceptors (Lipinski definition) is 7. The number of nitrogens with zero attached hydrogens (tertiary/aromatic N) is 1. The lowest BCUT2D eigenvalue weighted by atomic mass is 9.66. The molecule has 2 bridgehead atoms. The number of hydrogen-bond donors (Lipinski definition) is 4. The molecule has 3 aliphatic heterocycles. The van der Waals surface area contributed by atoms with Crippen LogP contribution < -0.4 is 21.3 Å². The predicted molar refractivity (Wildman–Crippen MR) is 159 cm³/mol. The van der Waals surface area contributed by atoms with Gasteiger partial charge in [0.15, 0.2) is 5.60 Å². The fourth-order valence-corrected chi connectivity index (χ4v) is 7.40. The summed E-state index contributed by atoms with van der Waals surface area (Å²) < 4.78 is 5.71. The Balaban J connectivity index is 1.23. The van der Waals surface area contributed by atoms with Gasteiger partial charge in [-0.15, -0.1) is 0 Å². The van der Waals surface area contributed by atoms with E-state index in [-0.39, 0.29) is 42.2 Å². The van der Waals surface area contributed by atoms with E-state index >= 15 is 0 Å². The molecule has 1 saturated carbocycles. The maximum atomic E-state index is 13.7. The van der Waals surface area contributed by atoms with Crippen molar-refractivity contribution in [2.45, 2.75) is 115 Å². The summed E-state index contributed by atoms with van der Waals surface area (Å²) in [4.78, 5) is 67.4. The molecule has 1 aromatic carbocycles. The summed E-state index contributed by atoms with van der Waals surface area (Å²) in [7, 11) is 1.70. The lowest BCUT2D eigenvalue weighted by Gasteiger charge is -2.35. The normalized spacial score (nSPS) is 31.8. The molecule has 4 fully saturated rings. The van der Waals surface area contributed by atoms with Crippen molar-refractivity contribution in [2.75, 3.05) is 12.4 Å². The van der Waals surface area contributed by atoms with Gasteiger partial charge in [-0.25, -0.2) is 0 Å². The van der Waals surface area contributed by atoms with Crippen LogP contribution in [0.15, 0.2) is 24.3 Å². The first-order valence-electron chi connectivity index (χ1n) is 15.6. The van der Waals surface area contributed by atoms with Gasteiger partial charge in [0.2, 0.25) is 17.7 Å². The highest BCUT2D eigenvalue weighted by Gasteiger charge is 2.75. The number of amides is 4. The zero-order valence-electron chi connectivity index (χ0n) is 25.9. The van der Waals surface area contributed by atoms with Crippen molar-refractivity contribution in [1.82, 2.24) is 20.9 Å². The summed E-state index contributed by atoms with van der Waals surface area (Å²) >= 11 is 0. The topological polar surface area (TPSA) is 146 Å². The van der Waals surface area contributed by atoms with Gasteiger partial charge in [-0.2, -0.15) is 0 Å². The monoisotopic (exact) mass is 595 g/mol. The highest BCUT2D eigenvalue weighted by atomic mass is 16.6. The second kappa shape index (κ2) is 11.6. The van der Waals surface area contributed by atoms with Gasteiger partial charge >= 0.3 is 5.97 Å². The zero-order valence-corrected chi connectivity index (χ0v) is 25.9. The highest BCUT2D eigenvalue weighted by Crippen LogP contribution is 2.65. The molecule has 6 atom stereocenters. The Morgan fingerprint density at radius 1 is 1.05 bits per heavy atom. The minimum atomic E-state index is -1.22. The van der Waals surface area contributed by atoms with Crippen LogP contribution in [0, 0.1) is 10.8 Å². The Labute approximate surface area is 253 Å². The molecule has 0 aromatic heterocycles. The lowest BCUT2D eigenvalue weighted by molar-refractivity contribution is -0.165. The van der Waals surface area contributed by atoms with Crippen LogP contribution >= 0.6 is 0 Å². The van der Waals surface area contributed by atoms with Crippen molar-refractivity contribution in [3.63, 3.8) is 0 Å². The van der Waals surface area contributed by atoms with Crippen molar-refractivity contribution in [3.8, 4) is 0 Å². The average molecular weight is 596 g/mol. The third kappa shape index (κ3) is 5.19. The van der Waals surface area contributed by atoms with Crippen molar-refractivity contribution < 1.29 is 28.7 Å². The molecule has 0 spiro atoms. The molecule has 43 heavy (non-hydrogen) atoms. The van der Waals surface area contributed by atoms with E-state index in [4.69, 9.17) is 4.74 Å². The van der Waals surface area contributed by atoms with Crippen LogP contribution in [0.2, 0.25) is 0 Å². The molecule has 11 heteroatoms. The summed E-state index contributed by atoms with van der Waals surface area (Å²) in [6.45, 7) is 7.66. The molecular formula is C32H45N5O6. The van der Waals surface area contributed by atoms with Crippen molar-refractivity contribution >= 4 is 35.3 Å². The number of nitrogens with one attached hydrogen (secondary N) is 4. The molecule has 0 radical (unpaired) electrons. The van der Waals surface area contributed by atoms with E-state index in [1.165, 1.54) is 0 Å². The molecular weight excluding hydrogens is 550 g/mol. The molecule has 1 unspecified atom stereocenters. The molecule has 234 valence electrons. The zero-order chi connectivity index (χ0) is 31.2. The molecule has 1 aliphatic carbocycles. The number of benzene rings is 1. The molecule has 11 nitrogen and oxygen atoms in total. The largest absolute Gasteiger partial charge is 0.448 e. The van der Waals surface area contributed by atoms with Gasteiger partial charge in [0.05, 0.1) is 11.5 Å². The fraction of sp³-hybridized carbons (Fsp3) is 0.656. The van der Waals surface area contributed by atoms with E-state index < -0.39 is 34.6 Å². The van der Waals surface area contributed by atoms with Crippen LogP contribution in [0.3, 0.4) is 0 Å². The third-order valence-electron chi connectivity index (χ3n) is 10.9. The minimum Gasteiger partial charge on any atom is -0.448 e. The number of carbonyl (C=O) groups excluding carboxylic acids is 5.